The monoisotopic (exact) mass is 251 g/mol. The molecule has 1 aliphatic heterocycles. The molecule has 1 heterocycles. The SMILES string of the molecule is Cc1cccc(C(c2ccccc2)C2CCNC2)c1. The fraction of sp³-hybridized carbons (Fsp3) is 0.333. The number of nitrogens with one attached hydrogen (secondary N) is 1. The number of hydrogen-bond donors (Lipinski definition) is 1. The Morgan fingerprint density at radius 1 is 1.00 bits per heavy atom. The lowest BCUT2D eigenvalue weighted by atomic mass is 9.80. The van der Waals surface area contributed by atoms with Gasteiger partial charge in [-0.3, -0.25) is 0 Å². The largest absolute Gasteiger partial charge is 0.316 e. The molecule has 1 aliphatic rings. The van der Waals surface area contributed by atoms with Crippen molar-refractivity contribution < 1.29 is 0 Å². The van der Waals surface area contributed by atoms with Crippen molar-refractivity contribution in [1.29, 1.82) is 0 Å². The molecule has 1 heteroatoms. The van der Waals surface area contributed by atoms with Crippen molar-refractivity contribution >= 4 is 0 Å². The van der Waals surface area contributed by atoms with Gasteiger partial charge >= 0.3 is 0 Å². The van der Waals surface area contributed by atoms with Crippen molar-refractivity contribution in [1.82, 2.24) is 5.32 Å². The molecule has 0 saturated carbocycles. The maximum Gasteiger partial charge on any atom is 0.0130 e. The highest BCUT2D eigenvalue weighted by Gasteiger charge is 2.27. The van der Waals surface area contributed by atoms with Crippen LogP contribution in [0.4, 0.5) is 0 Å². The Labute approximate surface area is 115 Å². The maximum absolute atomic E-state index is 3.51. The van der Waals surface area contributed by atoms with Crippen molar-refractivity contribution in [2.45, 2.75) is 19.3 Å². The summed E-state index contributed by atoms with van der Waals surface area (Å²) in [5.41, 5.74) is 4.26. The molecule has 2 atom stereocenters. The molecule has 0 radical (unpaired) electrons. The zero-order chi connectivity index (χ0) is 13.1. The van der Waals surface area contributed by atoms with Crippen molar-refractivity contribution in [2.24, 2.45) is 5.92 Å². The van der Waals surface area contributed by atoms with E-state index >= 15 is 0 Å². The van der Waals surface area contributed by atoms with Gasteiger partial charge in [-0.1, -0.05) is 60.2 Å². The van der Waals surface area contributed by atoms with Crippen LogP contribution in [0, 0.1) is 12.8 Å². The van der Waals surface area contributed by atoms with Crippen LogP contribution < -0.4 is 5.32 Å². The highest BCUT2D eigenvalue weighted by Crippen LogP contribution is 2.35. The van der Waals surface area contributed by atoms with Gasteiger partial charge in [-0.25, -0.2) is 0 Å². The topological polar surface area (TPSA) is 12.0 Å². The first-order valence-electron chi connectivity index (χ1n) is 7.17. The minimum atomic E-state index is 0.524. The van der Waals surface area contributed by atoms with Gasteiger partial charge in [-0.15, -0.1) is 0 Å². The van der Waals surface area contributed by atoms with E-state index in [0.717, 1.165) is 13.1 Å². The van der Waals surface area contributed by atoms with E-state index < -0.39 is 0 Å². The quantitative estimate of drug-likeness (QED) is 0.876. The van der Waals surface area contributed by atoms with E-state index in [9.17, 15) is 0 Å². The fourth-order valence-electron chi connectivity index (χ4n) is 3.22. The summed E-state index contributed by atoms with van der Waals surface area (Å²) >= 11 is 0. The molecule has 0 bridgehead atoms. The van der Waals surface area contributed by atoms with Gasteiger partial charge < -0.3 is 5.32 Å². The van der Waals surface area contributed by atoms with Gasteiger partial charge in [0.05, 0.1) is 0 Å². The normalized spacial score (nSPS) is 20.4. The van der Waals surface area contributed by atoms with Crippen LogP contribution in [0.25, 0.3) is 0 Å². The van der Waals surface area contributed by atoms with Gasteiger partial charge in [0, 0.05) is 5.92 Å². The molecule has 1 fully saturated rings. The van der Waals surface area contributed by atoms with Crippen molar-refractivity contribution in [3.63, 3.8) is 0 Å². The zero-order valence-corrected chi connectivity index (χ0v) is 11.5. The smallest absolute Gasteiger partial charge is 0.0130 e. The van der Waals surface area contributed by atoms with Crippen LogP contribution >= 0.6 is 0 Å². The summed E-state index contributed by atoms with van der Waals surface area (Å²) in [5.74, 6) is 1.24. The molecule has 0 spiro atoms. The van der Waals surface area contributed by atoms with Gasteiger partial charge in [0.15, 0.2) is 0 Å². The van der Waals surface area contributed by atoms with Gasteiger partial charge in [0.25, 0.3) is 0 Å². The Bertz CT molecular complexity index is 526. The van der Waals surface area contributed by atoms with Gasteiger partial charge in [0.2, 0.25) is 0 Å². The summed E-state index contributed by atoms with van der Waals surface area (Å²) in [6.45, 7) is 4.46. The number of hydrogen-bond acceptors (Lipinski definition) is 1. The first-order chi connectivity index (χ1) is 9.34. The molecule has 1 saturated heterocycles. The Morgan fingerprint density at radius 2 is 1.79 bits per heavy atom. The second-order valence-corrected chi connectivity index (χ2v) is 5.56. The summed E-state index contributed by atoms with van der Waals surface area (Å²) in [4.78, 5) is 0. The Morgan fingerprint density at radius 3 is 2.47 bits per heavy atom. The Balaban J connectivity index is 2.01. The van der Waals surface area contributed by atoms with Crippen LogP contribution in [0.3, 0.4) is 0 Å². The molecule has 2 unspecified atom stereocenters. The van der Waals surface area contributed by atoms with Crippen molar-refractivity contribution in [2.75, 3.05) is 13.1 Å². The summed E-state index contributed by atoms with van der Waals surface area (Å²) < 4.78 is 0. The van der Waals surface area contributed by atoms with Crippen LogP contribution in [0.15, 0.2) is 54.6 Å². The second-order valence-electron chi connectivity index (χ2n) is 5.56. The van der Waals surface area contributed by atoms with E-state index in [1.165, 1.54) is 23.1 Å². The third kappa shape index (κ3) is 2.71. The lowest BCUT2D eigenvalue weighted by Gasteiger charge is -2.24. The van der Waals surface area contributed by atoms with E-state index in [1.54, 1.807) is 0 Å². The van der Waals surface area contributed by atoms with Crippen LogP contribution in [0.2, 0.25) is 0 Å². The van der Waals surface area contributed by atoms with Gasteiger partial charge in [0.1, 0.15) is 0 Å². The Hall–Kier alpha value is -1.60. The van der Waals surface area contributed by atoms with E-state index in [2.05, 4.69) is 66.8 Å². The highest BCUT2D eigenvalue weighted by molar-refractivity contribution is 5.35. The fourth-order valence-corrected chi connectivity index (χ4v) is 3.22. The van der Waals surface area contributed by atoms with Gasteiger partial charge in [-0.2, -0.15) is 0 Å². The van der Waals surface area contributed by atoms with Crippen LogP contribution in [0.1, 0.15) is 29.0 Å². The van der Waals surface area contributed by atoms with Crippen molar-refractivity contribution in [3.05, 3.63) is 71.3 Å². The highest BCUT2D eigenvalue weighted by atomic mass is 14.9. The van der Waals surface area contributed by atoms with Crippen LogP contribution in [-0.2, 0) is 0 Å². The summed E-state index contributed by atoms with van der Waals surface area (Å²) in [7, 11) is 0. The molecular weight excluding hydrogens is 230 g/mol. The maximum atomic E-state index is 3.51. The first kappa shape index (κ1) is 12.4. The minimum Gasteiger partial charge on any atom is -0.316 e. The molecule has 2 aromatic rings. The average Bonchev–Trinajstić information content (AvgIpc) is 2.94. The average molecular weight is 251 g/mol. The third-order valence-electron chi connectivity index (χ3n) is 4.13. The summed E-state index contributed by atoms with van der Waals surface area (Å²) in [6.07, 6.45) is 1.27. The third-order valence-corrected chi connectivity index (χ3v) is 4.13. The van der Waals surface area contributed by atoms with Crippen LogP contribution in [0.5, 0.6) is 0 Å². The predicted octanol–water partition coefficient (Wildman–Crippen LogP) is 3.74. The van der Waals surface area contributed by atoms with E-state index in [0.29, 0.717) is 11.8 Å². The summed E-state index contributed by atoms with van der Waals surface area (Å²) in [6, 6.07) is 19.9. The van der Waals surface area contributed by atoms with E-state index in [-0.39, 0.29) is 0 Å². The minimum absolute atomic E-state index is 0.524. The lowest BCUT2D eigenvalue weighted by molar-refractivity contribution is 0.512. The molecule has 19 heavy (non-hydrogen) atoms. The van der Waals surface area contributed by atoms with Gasteiger partial charge in [-0.05, 0) is 43.5 Å². The standard InChI is InChI=1S/C18H21N/c1-14-6-5-9-16(12-14)18(17-10-11-19-13-17)15-7-3-2-4-8-15/h2-9,12,17-19H,10-11,13H2,1H3. The Kier molecular flexibility index (Phi) is 3.65. The molecule has 1 nitrogen and oxygen atoms in total. The van der Waals surface area contributed by atoms with E-state index in [1.807, 2.05) is 0 Å². The molecule has 0 aromatic heterocycles. The van der Waals surface area contributed by atoms with Crippen LogP contribution in [-0.4, -0.2) is 13.1 Å². The molecular formula is C18H21N. The van der Waals surface area contributed by atoms with E-state index in [4.69, 9.17) is 0 Å². The molecule has 0 amide bonds. The van der Waals surface area contributed by atoms with Crippen molar-refractivity contribution in [3.8, 4) is 0 Å². The molecule has 0 aliphatic carbocycles. The molecule has 2 aromatic carbocycles. The first-order valence-corrected chi connectivity index (χ1v) is 7.17. The number of aryl methyl sites for hydroxylation is 1. The molecule has 3 rings (SSSR count). The lowest BCUT2D eigenvalue weighted by Crippen LogP contribution is -2.17. The molecule has 98 valence electrons. The number of benzene rings is 2. The summed E-state index contributed by atoms with van der Waals surface area (Å²) in [5, 5.41) is 3.51. The zero-order valence-electron chi connectivity index (χ0n) is 11.5. The second kappa shape index (κ2) is 5.58. The number of rotatable bonds is 3. The predicted molar refractivity (Wildman–Crippen MR) is 80.4 cm³/mol. The molecule has 1 N–H and O–H groups in total.